The van der Waals surface area contributed by atoms with Crippen molar-refractivity contribution in [2.24, 2.45) is 5.73 Å². The van der Waals surface area contributed by atoms with Crippen LogP contribution < -0.4 is 16.4 Å². The molecule has 1 aromatic carbocycles. The summed E-state index contributed by atoms with van der Waals surface area (Å²) in [4.78, 5) is 37.6. The second kappa shape index (κ2) is 6.24. The lowest BCUT2D eigenvalue weighted by atomic mass is 9.87. The number of carbonyl (C=O) groups is 3. The molecule has 3 aliphatic rings. The molecule has 0 aromatic heterocycles. The second-order valence-corrected chi connectivity index (χ2v) is 7.12. The van der Waals surface area contributed by atoms with E-state index in [2.05, 4.69) is 10.6 Å². The van der Waals surface area contributed by atoms with E-state index in [1.807, 2.05) is 18.2 Å². The van der Waals surface area contributed by atoms with Crippen LogP contribution in [-0.2, 0) is 22.7 Å². The molecular formula is C18H22N4O3. The summed E-state index contributed by atoms with van der Waals surface area (Å²) < 4.78 is 0. The van der Waals surface area contributed by atoms with E-state index < -0.39 is 6.04 Å². The van der Waals surface area contributed by atoms with Crippen LogP contribution in [-0.4, -0.2) is 40.7 Å². The fourth-order valence-corrected chi connectivity index (χ4v) is 3.77. The minimum atomic E-state index is -0.563. The first-order chi connectivity index (χ1) is 12.0. The summed E-state index contributed by atoms with van der Waals surface area (Å²) in [5.74, 6) is -0.781. The van der Waals surface area contributed by atoms with Crippen molar-refractivity contribution in [2.75, 3.05) is 0 Å². The molecule has 1 saturated carbocycles. The number of nitrogens with zero attached hydrogens (tertiary/aromatic N) is 1. The Labute approximate surface area is 145 Å². The maximum Gasteiger partial charge on any atom is 0.255 e. The summed E-state index contributed by atoms with van der Waals surface area (Å²) in [5.41, 5.74) is 8.63. The summed E-state index contributed by atoms with van der Waals surface area (Å²) in [7, 11) is 0. The molecular weight excluding hydrogens is 320 g/mol. The van der Waals surface area contributed by atoms with E-state index in [-0.39, 0.29) is 30.2 Å². The quantitative estimate of drug-likeness (QED) is 0.670. The van der Waals surface area contributed by atoms with E-state index in [4.69, 9.17) is 5.73 Å². The zero-order chi connectivity index (χ0) is 17.6. The van der Waals surface area contributed by atoms with Crippen LogP contribution in [0, 0.1) is 0 Å². The number of hydrogen-bond donors (Lipinski definition) is 3. The van der Waals surface area contributed by atoms with Gasteiger partial charge in [0.15, 0.2) is 0 Å². The molecule has 1 aromatic rings. The first kappa shape index (κ1) is 16.2. The summed E-state index contributed by atoms with van der Waals surface area (Å²) >= 11 is 0. The number of rotatable bonds is 4. The molecule has 7 heteroatoms. The van der Waals surface area contributed by atoms with E-state index in [1.165, 1.54) is 0 Å². The van der Waals surface area contributed by atoms with Crippen LogP contribution in [0.4, 0.5) is 0 Å². The van der Waals surface area contributed by atoms with Crippen LogP contribution in [0.25, 0.3) is 0 Å². The van der Waals surface area contributed by atoms with Crippen LogP contribution in [0.15, 0.2) is 18.2 Å². The van der Waals surface area contributed by atoms with Gasteiger partial charge in [0.1, 0.15) is 6.04 Å². The Kier molecular flexibility index (Phi) is 4.05. The monoisotopic (exact) mass is 342 g/mol. The smallest absolute Gasteiger partial charge is 0.255 e. The van der Waals surface area contributed by atoms with E-state index in [0.717, 1.165) is 30.5 Å². The molecule has 0 spiro atoms. The van der Waals surface area contributed by atoms with Crippen molar-refractivity contribution >= 4 is 17.7 Å². The second-order valence-electron chi connectivity index (χ2n) is 7.12. The number of carbonyl (C=O) groups excluding carboxylic acids is 3. The molecule has 2 fully saturated rings. The van der Waals surface area contributed by atoms with Gasteiger partial charge >= 0.3 is 0 Å². The van der Waals surface area contributed by atoms with Crippen LogP contribution in [0.5, 0.6) is 0 Å². The molecule has 0 radical (unpaired) electrons. The van der Waals surface area contributed by atoms with Crippen molar-refractivity contribution in [1.29, 1.82) is 0 Å². The molecule has 4 rings (SSSR count). The van der Waals surface area contributed by atoms with E-state index in [1.54, 1.807) is 4.90 Å². The standard InChI is InChI=1S/C18H22N4O3/c19-13-3-4-14(13)20-8-10-1-2-12-11(7-10)9-22(18(12)25)15-5-6-16(23)21-17(15)24/h1-2,7,13-15,20H,3-6,8-9,19H2,(H,21,23,24). The average molecular weight is 342 g/mol. The zero-order valence-corrected chi connectivity index (χ0v) is 14.0. The third kappa shape index (κ3) is 2.94. The third-order valence-electron chi connectivity index (χ3n) is 5.48. The summed E-state index contributed by atoms with van der Waals surface area (Å²) in [6, 6.07) is 5.85. The summed E-state index contributed by atoms with van der Waals surface area (Å²) in [6.45, 7) is 1.13. The lowest BCUT2D eigenvalue weighted by molar-refractivity contribution is -0.136. The van der Waals surface area contributed by atoms with Gasteiger partial charge in [0.05, 0.1) is 0 Å². The van der Waals surface area contributed by atoms with Gasteiger partial charge in [-0.1, -0.05) is 12.1 Å². The van der Waals surface area contributed by atoms with Gasteiger partial charge in [-0.2, -0.15) is 0 Å². The molecule has 25 heavy (non-hydrogen) atoms. The minimum Gasteiger partial charge on any atom is -0.326 e. The Morgan fingerprint density at radius 3 is 2.72 bits per heavy atom. The molecule has 0 bridgehead atoms. The molecule has 4 N–H and O–H groups in total. The Morgan fingerprint density at radius 1 is 1.20 bits per heavy atom. The topological polar surface area (TPSA) is 105 Å². The van der Waals surface area contributed by atoms with Crippen molar-refractivity contribution in [1.82, 2.24) is 15.5 Å². The van der Waals surface area contributed by atoms with Gasteiger partial charge in [-0.3, -0.25) is 19.7 Å². The Balaban J connectivity index is 1.45. The highest BCUT2D eigenvalue weighted by Crippen LogP contribution is 2.28. The highest BCUT2D eigenvalue weighted by atomic mass is 16.2. The number of hydrogen-bond acceptors (Lipinski definition) is 5. The molecule has 1 aliphatic carbocycles. The van der Waals surface area contributed by atoms with Crippen LogP contribution >= 0.6 is 0 Å². The summed E-state index contributed by atoms with van der Waals surface area (Å²) in [5, 5.41) is 5.77. The van der Waals surface area contributed by atoms with Gasteiger partial charge in [0, 0.05) is 37.2 Å². The molecule has 3 unspecified atom stereocenters. The average Bonchev–Trinajstić information content (AvgIpc) is 2.90. The van der Waals surface area contributed by atoms with Crippen molar-refractivity contribution in [2.45, 2.75) is 56.9 Å². The Hall–Kier alpha value is -2.25. The van der Waals surface area contributed by atoms with Crippen LogP contribution in [0.1, 0.15) is 47.2 Å². The highest BCUT2D eigenvalue weighted by molar-refractivity contribution is 6.05. The molecule has 1 saturated heterocycles. The van der Waals surface area contributed by atoms with Gasteiger partial charge in [-0.25, -0.2) is 0 Å². The largest absolute Gasteiger partial charge is 0.326 e. The molecule has 7 nitrogen and oxygen atoms in total. The SMILES string of the molecule is NC1CCC1NCc1ccc2c(c1)CN(C1CCC(=O)NC1=O)C2=O. The van der Waals surface area contributed by atoms with E-state index in [0.29, 0.717) is 24.6 Å². The van der Waals surface area contributed by atoms with E-state index >= 15 is 0 Å². The van der Waals surface area contributed by atoms with Gasteiger partial charge in [0.2, 0.25) is 11.8 Å². The number of nitrogens with two attached hydrogens (primary N) is 1. The Morgan fingerprint density at radius 2 is 2.04 bits per heavy atom. The fraction of sp³-hybridized carbons (Fsp3) is 0.500. The maximum absolute atomic E-state index is 12.6. The summed E-state index contributed by atoms with van der Waals surface area (Å²) in [6.07, 6.45) is 2.83. The molecule has 2 heterocycles. The number of fused-ring (bicyclic) bond motifs is 1. The first-order valence-corrected chi connectivity index (χ1v) is 8.78. The predicted octanol–water partition coefficient (Wildman–Crippen LogP) is 0.0269. The predicted molar refractivity (Wildman–Crippen MR) is 90.3 cm³/mol. The van der Waals surface area contributed by atoms with Gasteiger partial charge in [-0.15, -0.1) is 0 Å². The lowest BCUT2D eigenvalue weighted by Gasteiger charge is -2.34. The number of benzene rings is 1. The lowest BCUT2D eigenvalue weighted by Crippen LogP contribution is -2.52. The maximum atomic E-state index is 12.6. The van der Waals surface area contributed by atoms with E-state index in [9.17, 15) is 14.4 Å². The molecule has 132 valence electrons. The van der Waals surface area contributed by atoms with Crippen LogP contribution in [0.3, 0.4) is 0 Å². The van der Waals surface area contributed by atoms with Gasteiger partial charge in [-0.05, 0) is 36.5 Å². The van der Waals surface area contributed by atoms with Gasteiger partial charge < -0.3 is 16.0 Å². The van der Waals surface area contributed by atoms with Crippen molar-refractivity contribution in [3.63, 3.8) is 0 Å². The number of piperidine rings is 1. The van der Waals surface area contributed by atoms with Crippen molar-refractivity contribution in [3.05, 3.63) is 34.9 Å². The molecule has 2 aliphatic heterocycles. The number of imide groups is 1. The molecule has 3 amide bonds. The number of nitrogens with one attached hydrogen (secondary N) is 2. The highest BCUT2D eigenvalue weighted by Gasteiger charge is 2.39. The minimum absolute atomic E-state index is 0.134. The van der Waals surface area contributed by atoms with Crippen LogP contribution in [0.2, 0.25) is 0 Å². The van der Waals surface area contributed by atoms with Gasteiger partial charge in [0.25, 0.3) is 5.91 Å². The third-order valence-corrected chi connectivity index (χ3v) is 5.48. The zero-order valence-electron chi connectivity index (χ0n) is 14.0. The van der Waals surface area contributed by atoms with Crippen molar-refractivity contribution < 1.29 is 14.4 Å². The Bertz CT molecular complexity index is 748. The first-order valence-electron chi connectivity index (χ1n) is 8.78. The van der Waals surface area contributed by atoms with Crippen molar-refractivity contribution in [3.8, 4) is 0 Å². The normalized spacial score (nSPS) is 28.6. The number of amides is 3. The molecule has 3 atom stereocenters. The fourth-order valence-electron chi connectivity index (χ4n) is 3.77.